The number of amides is 1. The van der Waals surface area contributed by atoms with Crippen LogP contribution in [0.25, 0.3) is 11.1 Å². The second kappa shape index (κ2) is 7.39. The Hall–Kier alpha value is -3.15. The van der Waals surface area contributed by atoms with Crippen LogP contribution in [0.4, 0.5) is 5.69 Å². The normalized spacial score (nSPS) is 10.9. The smallest absolute Gasteiger partial charge is 0.253 e. The molecule has 2 aromatic heterocycles. The van der Waals surface area contributed by atoms with Gasteiger partial charge in [0.15, 0.2) is 0 Å². The number of nitrogen functional groups attached to an aromatic ring is 1. The molecular formula is C20H22N4O2. The lowest BCUT2D eigenvalue weighted by atomic mass is 10.0. The van der Waals surface area contributed by atoms with Gasteiger partial charge in [0, 0.05) is 48.2 Å². The molecule has 26 heavy (non-hydrogen) atoms. The minimum absolute atomic E-state index is 0.0789. The summed E-state index contributed by atoms with van der Waals surface area (Å²) >= 11 is 0. The van der Waals surface area contributed by atoms with Crippen molar-refractivity contribution >= 4 is 11.6 Å². The Bertz CT molecular complexity index is 900. The van der Waals surface area contributed by atoms with Crippen molar-refractivity contribution in [1.82, 2.24) is 15.0 Å². The first kappa shape index (κ1) is 17.7. The lowest BCUT2D eigenvalue weighted by molar-refractivity contribution is 0.0782. The average molecular weight is 350 g/mol. The Morgan fingerprint density at radius 2 is 1.96 bits per heavy atom. The zero-order valence-corrected chi connectivity index (χ0v) is 15.1. The van der Waals surface area contributed by atoms with E-state index in [-0.39, 0.29) is 11.8 Å². The van der Waals surface area contributed by atoms with Crippen molar-refractivity contribution in [2.75, 3.05) is 12.8 Å². The molecule has 0 spiro atoms. The Morgan fingerprint density at radius 3 is 2.58 bits per heavy atom. The summed E-state index contributed by atoms with van der Waals surface area (Å²) in [5, 5.41) is 4.03. The molecule has 0 unspecified atom stereocenters. The Morgan fingerprint density at radius 1 is 1.23 bits per heavy atom. The number of pyridine rings is 1. The predicted molar refractivity (Wildman–Crippen MR) is 100 cm³/mol. The number of benzene rings is 1. The molecule has 6 heteroatoms. The largest absolute Gasteiger partial charge is 0.398 e. The zero-order valence-electron chi connectivity index (χ0n) is 15.1. The van der Waals surface area contributed by atoms with Crippen LogP contribution >= 0.6 is 0 Å². The SMILES string of the molecule is CC(C)c1cc(CN(C)C(=O)c2ccc(-c3cnccc3N)cc2)no1. The van der Waals surface area contributed by atoms with Gasteiger partial charge in [0.25, 0.3) is 5.91 Å². The average Bonchev–Trinajstić information content (AvgIpc) is 3.10. The second-order valence-corrected chi connectivity index (χ2v) is 6.58. The van der Waals surface area contributed by atoms with Crippen LogP contribution in [-0.4, -0.2) is 28.0 Å². The summed E-state index contributed by atoms with van der Waals surface area (Å²) in [6.07, 6.45) is 3.37. The molecule has 1 amide bonds. The van der Waals surface area contributed by atoms with Crippen LogP contribution in [0.5, 0.6) is 0 Å². The number of aromatic nitrogens is 2. The third-order valence-corrected chi connectivity index (χ3v) is 4.19. The fourth-order valence-corrected chi connectivity index (χ4v) is 2.65. The molecule has 0 atom stereocenters. The van der Waals surface area contributed by atoms with E-state index in [0.29, 0.717) is 17.8 Å². The first-order valence-corrected chi connectivity index (χ1v) is 8.46. The first-order valence-electron chi connectivity index (χ1n) is 8.46. The Kier molecular flexibility index (Phi) is 5.02. The summed E-state index contributed by atoms with van der Waals surface area (Å²) in [6, 6.07) is 11.0. The number of hydrogen-bond acceptors (Lipinski definition) is 5. The number of nitrogens with two attached hydrogens (primary N) is 1. The van der Waals surface area contributed by atoms with Gasteiger partial charge in [-0.2, -0.15) is 0 Å². The van der Waals surface area contributed by atoms with Crippen molar-refractivity contribution < 1.29 is 9.32 Å². The molecule has 0 fully saturated rings. The second-order valence-electron chi connectivity index (χ2n) is 6.58. The highest BCUT2D eigenvalue weighted by Crippen LogP contribution is 2.25. The van der Waals surface area contributed by atoms with E-state index in [0.717, 1.165) is 22.6 Å². The van der Waals surface area contributed by atoms with Crippen LogP contribution in [0.1, 0.15) is 41.6 Å². The molecule has 0 aliphatic carbocycles. The van der Waals surface area contributed by atoms with Crippen molar-refractivity contribution in [2.24, 2.45) is 0 Å². The number of hydrogen-bond donors (Lipinski definition) is 1. The summed E-state index contributed by atoms with van der Waals surface area (Å²) in [5.41, 5.74) is 9.75. The highest BCUT2D eigenvalue weighted by Gasteiger charge is 2.15. The fraction of sp³-hybridized carbons (Fsp3) is 0.250. The number of rotatable bonds is 5. The summed E-state index contributed by atoms with van der Waals surface area (Å²) in [5.74, 6) is 1.01. The number of anilines is 1. The van der Waals surface area contributed by atoms with Crippen LogP contribution in [-0.2, 0) is 6.54 Å². The molecular weight excluding hydrogens is 328 g/mol. The fourth-order valence-electron chi connectivity index (χ4n) is 2.65. The minimum atomic E-state index is -0.0789. The summed E-state index contributed by atoms with van der Waals surface area (Å²) < 4.78 is 5.28. The van der Waals surface area contributed by atoms with E-state index in [1.165, 1.54) is 0 Å². The summed E-state index contributed by atoms with van der Waals surface area (Å²) in [6.45, 7) is 4.47. The van der Waals surface area contributed by atoms with Gasteiger partial charge in [-0.15, -0.1) is 0 Å². The predicted octanol–water partition coefficient (Wildman–Crippen LogP) is 3.71. The van der Waals surface area contributed by atoms with Crippen molar-refractivity contribution in [2.45, 2.75) is 26.3 Å². The van der Waals surface area contributed by atoms with Gasteiger partial charge in [0.05, 0.1) is 6.54 Å². The van der Waals surface area contributed by atoms with Crippen LogP contribution in [0.2, 0.25) is 0 Å². The quantitative estimate of drug-likeness (QED) is 0.758. The summed E-state index contributed by atoms with van der Waals surface area (Å²) in [7, 11) is 1.75. The van der Waals surface area contributed by atoms with Crippen LogP contribution < -0.4 is 5.73 Å². The van der Waals surface area contributed by atoms with E-state index in [2.05, 4.69) is 10.1 Å². The Balaban J connectivity index is 1.72. The highest BCUT2D eigenvalue weighted by molar-refractivity contribution is 5.94. The molecule has 2 heterocycles. The van der Waals surface area contributed by atoms with E-state index in [1.807, 2.05) is 32.0 Å². The van der Waals surface area contributed by atoms with Crippen molar-refractivity contribution in [3.05, 3.63) is 65.8 Å². The van der Waals surface area contributed by atoms with Crippen LogP contribution in [0.3, 0.4) is 0 Å². The Labute approximate surface area is 152 Å². The van der Waals surface area contributed by atoms with E-state index < -0.39 is 0 Å². The van der Waals surface area contributed by atoms with E-state index in [4.69, 9.17) is 10.3 Å². The minimum Gasteiger partial charge on any atom is -0.398 e. The molecule has 1 aromatic carbocycles. The van der Waals surface area contributed by atoms with Gasteiger partial charge in [0.1, 0.15) is 11.5 Å². The third-order valence-electron chi connectivity index (χ3n) is 4.19. The third kappa shape index (κ3) is 3.74. The maximum Gasteiger partial charge on any atom is 0.253 e. The molecule has 0 bridgehead atoms. The first-order chi connectivity index (χ1) is 12.5. The van der Waals surface area contributed by atoms with Crippen LogP contribution in [0.15, 0.2) is 53.3 Å². The number of carbonyl (C=O) groups excluding carboxylic acids is 1. The van der Waals surface area contributed by atoms with E-state index >= 15 is 0 Å². The molecule has 3 aromatic rings. The molecule has 134 valence electrons. The van der Waals surface area contributed by atoms with Gasteiger partial charge < -0.3 is 15.2 Å². The molecule has 0 radical (unpaired) electrons. The summed E-state index contributed by atoms with van der Waals surface area (Å²) in [4.78, 5) is 18.4. The molecule has 0 saturated heterocycles. The van der Waals surface area contributed by atoms with Crippen molar-refractivity contribution in [1.29, 1.82) is 0 Å². The molecule has 6 nitrogen and oxygen atoms in total. The highest BCUT2D eigenvalue weighted by atomic mass is 16.5. The van der Waals surface area contributed by atoms with Crippen molar-refractivity contribution in [3.8, 4) is 11.1 Å². The lowest BCUT2D eigenvalue weighted by Gasteiger charge is -2.16. The number of nitrogens with zero attached hydrogens (tertiary/aromatic N) is 3. The van der Waals surface area contributed by atoms with Gasteiger partial charge in [-0.05, 0) is 23.8 Å². The van der Waals surface area contributed by atoms with Gasteiger partial charge in [-0.3, -0.25) is 9.78 Å². The lowest BCUT2D eigenvalue weighted by Crippen LogP contribution is -2.26. The molecule has 0 aliphatic rings. The topological polar surface area (TPSA) is 85.2 Å². The maximum atomic E-state index is 12.6. The molecule has 3 rings (SSSR count). The maximum absolute atomic E-state index is 12.6. The number of carbonyl (C=O) groups is 1. The van der Waals surface area contributed by atoms with Gasteiger partial charge in [-0.25, -0.2) is 0 Å². The van der Waals surface area contributed by atoms with Gasteiger partial charge in [0.2, 0.25) is 0 Å². The monoisotopic (exact) mass is 350 g/mol. The van der Waals surface area contributed by atoms with Gasteiger partial charge >= 0.3 is 0 Å². The molecule has 0 aliphatic heterocycles. The molecule has 0 saturated carbocycles. The van der Waals surface area contributed by atoms with Crippen molar-refractivity contribution in [3.63, 3.8) is 0 Å². The van der Waals surface area contributed by atoms with E-state index in [9.17, 15) is 4.79 Å². The molecule has 2 N–H and O–H groups in total. The van der Waals surface area contributed by atoms with Crippen LogP contribution in [0, 0.1) is 0 Å². The van der Waals surface area contributed by atoms with Gasteiger partial charge in [-0.1, -0.05) is 31.1 Å². The standard InChI is InChI=1S/C20H22N4O2/c1-13(2)19-10-16(23-26-19)12-24(3)20(25)15-6-4-14(5-7-15)17-11-22-9-8-18(17)21/h4-11,13H,12H2,1-3H3,(H2,21,22). The zero-order chi connectivity index (χ0) is 18.7. The van der Waals surface area contributed by atoms with E-state index in [1.54, 1.807) is 42.5 Å².